The van der Waals surface area contributed by atoms with Gasteiger partial charge in [-0.25, -0.2) is 0 Å². The zero-order chi connectivity index (χ0) is 15.2. The molecule has 120 valence electrons. The maximum Gasteiger partial charge on any atom is 0.257 e. The lowest BCUT2D eigenvalue weighted by molar-refractivity contribution is -0.116. The van der Waals surface area contributed by atoms with E-state index in [0.29, 0.717) is 24.7 Å². The molecule has 0 unspecified atom stereocenters. The summed E-state index contributed by atoms with van der Waals surface area (Å²) in [7, 11) is 1.82. The van der Waals surface area contributed by atoms with Crippen molar-refractivity contribution in [3.8, 4) is 11.5 Å². The Morgan fingerprint density at radius 3 is 2.77 bits per heavy atom. The van der Waals surface area contributed by atoms with Gasteiger partial charge in [0.05, 0.1) is 0 Å². The van der Waals surface area contributed by atoms with Crippen LogP contribution in [0.4, 0.5) is 5.69 Å². The fourth-order valence-corrected chi connectivity index (χ4v) is 1.86. The van der Waals surface area contributed by atoms with E-state index in [4.69, 9.17) is 4.52 Å². The Morgan fingerprint density at radius 2 is 2.14 bits per heavy atom. The summed E-state index contributed by atoms with van der Waals surface area (Å²) < 4.78 is 5.22. The molecule has 0 radical (unpaired) electrons. The topological polar surface area (TPSA) is 80.0 Å². The van der Waals surface area contributed by atoms with Gasteiger partial charge in [-0.15, -0.1) is 12.4 Å². The predicted octanol–water partition coefficient (Wildman–Crippen LogP) is 2.58. The van der Waals surface area contributed by atoms with Gasteiger partial charge in [-0.3, -0.25) is 4.79 Å². The number of hydrogen-bond donors (Lipinski definition) is 2. The molecule has 7 heteroatoms. The molecule has 0 aliphatic heterocycles. The van der Waals surface area contributed by atoms with E-state index in [-0.39, 0.29) is 18.3 Å². The summed E-state index contributed by atoms with van der Waals surface area (Å²) >= 11 is 0. The molecule has 1 aromatic carbocycles. The van der Waals surface area contributed by atoms with Gasteiger partial charge < -0.3 is 15.2 Å². The highest BCUT2D eigenvalue weighted by atomic mass is 35.5. The van der Waals surface area contributed by atoms with Crippen LogP contribution in [-0.4, -0.2) is 29.6 Å². The lowest BCUT2D eigenvalue weighted by atomic mass is 10.1. The number of carbonyl (C=O) groups excluding carboxylic acids is 1. The molecule has 0 spiro atoms. The number of nitrogens with zero attached hydrogens (tertiary/aromatic N) is 2. The average Bonchev–Trinajstić information content (AvgIpc) is 2.96. The Morgan fingerprint density at radius 1 is 1.36 bits per heavy atom. The van der Waals surface area contributed by atoms with Crippen LogP contribution >= 0.6 is 12.4 Å². The number of amides is 1. The van der Waals surface area contributed by atoms with Gasteiger partial charge in [0, 0.05) is 30.6 Å². The first-order valence-electron chi connectivity index (χ1n) is 7.02. The number of aromatic nitrogens is 2. The standard InChI is InChI=1S/C15H20N4O2.ClH/c1-4-13-18-15(21-19-13)11-6-5-10(2)12(9-11)17-14(20)7-8-16-3;/h5-6,9,16H,4,7-8H2,1-3H3,(H,17,20);1H. The quantitative estimate of drug-likeness (QED) is 0.853. The number of carbonyl (C=O) groups is 1. The van der Waals surface area contributed by atoms with Gasteiger partial charge in [0.2, 0.25) is 5.91 Å². The molecule has 0 fully saturated rings. The molecule has 0 aliphatic rings. The first-order chi connectivity index (χ1) is 10.1. The summed E-state index contributed by atoms with van der Waals surface area (Å²) in [5.74, 6) is 1.12. The van der Waals surface area contributed by atoms with E-state index >= 15 is 0 Å². The van der Waals surface area contributed by atoms with Crippen LogP contribution in [0.1, 0.15) is 24.7 Å². The fraction of sp³-hybridized carbons (Fsp3) is 0.400. The summed E-state index contributed by atoms with van der Waals surface area (Å²) in [6, 6.07) is 5.70. The van der Waals surface area contributed by atoms with Gasteiger partial charge >= 0.3 is 0 Å². The van der Waals surface area contributed by atoms with Gasteiger partial charge in [-0.2, -0.15) is 4.98 Å². The van der Waals surface area contributed by atoms with Crippen molar-refractivity contribution in [3.63, 3.8) is 0 Å². The van der Waals surface area contributed by atoms with Crippen molar-refractivity contribution in [2.45, 2.75) is 26.7 Å². The Labute approximate surface area is 136 Å². The predicted molar refractivity (Wildman–Crippen MR) is 88.3 cm³/mol. The van der Waals surface area contributed by atoms with E-state index in [1.54, 1.807) is 0 Å². The molecule has 22 heavy (non-hydrogen) atoms. The fourth-order valence-electron chi connectivity index (χ4n) is 1.86. The van der Waals surface area contributed by atoms with E-state index in [9.17, 15) is 4.79 Å². The summed E-state index contributed by atoms with van der Waals surface area (Å²) in [6.45, 7) is 4.56. The van der Waals surface area contributed by atoms with Gasteiger partial charge in [-0.1, -0.05) is 18.1 Å². The van der Waals surface area contributed by atoms with Crippen molar-refractivity contribution in [3.05, 3.63) is 29.6 Å². The molecule has 0 saturated carbocycles. The minimum absolute atomic E-state index is 0. The first-order valence-corrected chi connectivity index (χ1v) is 7.02. The van der Waals surface area contributed by atoms with Crippen molar-refractivity contribution in [1.82, 2.24) is 15.5 Å². The third kappa shape index (κ3) is 4.54. The van der Waals surface area contributed by atoms with Crippen LogP contribution in [0.25, 0.3) is 11.5 Å². The summed E-state index contributed by atoms with van der Waals surface area (Å²) in [5.41, 5.74) is 2.56. The summed E-state index contributed by atoms with van der Waals surface area (Å²) in [4.78, 5) is 16.1. The van der Waals surface area contributed by atoms with Gasteiger partial charge in [-0.05, 0) is 31.7 Å². The smallest absolute Gasteiger partial charge is 0.257 e. The lowest BCUT2D eigenvalue weighted by Gasteiger charge is -2.09. The minimum atomic E-state index is -0.0237. The largest absolute Gasteiger partial charge is 0.334 e. The highest BCUT2D eigenvalue weighted by molar-refractivity contribution is 5.92. The van der Waals surface area contributed by atoms with Crippen molar-refractivity contribution >= 4 is 24.0 Å². The van der Waals surface area contributed by atoms with Crippen molar-refractivity contribution in [2.24, 2.45) is 0 Å². The van der Waals surface area contributed by atoms with Gasteiger partial charge in [0.15, 0.2) is 5.82 Å². The maximum atomic E-state index is 11.8. The third-order valence-corrected chi connectivity index (χ3v) is 3.14. The SMILES string of the molecule is CCc1noc(-c2ccc(C)c(NC(=O)CCNC)c2)n1.Cl. The van der Waals surface area contributed by atoms with Crippen LogP contribution in [0.2, 0.25) is 0 Å². The molecule has 1 aromatic heterocycles. The molecule has 1 heterocycles. The number of halogens is 1. The second-order valence-electron chi connectivity index (χ2n) is 4.80. The lowest BCUT2D eigenvalue weighted by Crippen LogP contribution is -2.19. The van der Waals surface area contributed by atoms with E-state index in [1.807, 2.05) is 39.1 Å². The number of benzene rings is 1. The van der Waals surface area contributed by atoms with E-state index in [0.717, 1.165) is 23.2 Å². The van der Waals surface area contributed by atoms with Gasteiger partial charge in [0.1, 0.15) is 0 Å². The van der Waals surface area contributed by atoms with Crippen molar-refractivity contribution < 1.29 is 9.32 Å². The first kappa shape index (κ1) is 18.1. The van der Waals surface area contributed by atoms with Crippen LogP contribution in [0, 0.1) is 6.92 Å². The maximum absolute atomic E-state index is 11.8. The summed E-state index contributed by atoms with van der Waals surface area (Å²) in [6.07, 6.45) is 1.16. The molecule has 0 aliphatic carbocycles. The Balaban J connectivity index is 0.00000242. The molecule has 0 atom stereocenters. The highest BCUT2D eigenvalue weighted by Gasteiger charge is 2.11. The minimum Gasteiger partial charge on any atom is -0.334 e. The van der Waals surface area contributed by atoms with Gasteiger partial charge in [0.25, 0.3) is 5.89 Å². The Kier molecular flexibility index (Phi) is 7.01. The van der Waals surface area contributed by atoms with Crippen LogP contribution < -0.4 is 10.6 Å². The van der Waals surface area contributed by atoms with Crippen LogP contribution in [0.15, 0.2) is 22.7 Å². The second kappa shape index (κ2) is 8.51. The number of aryl methyl sites for hydroxylation is 2. The molecule has 0 bridgehead atoms. The number of anilines is 1. The molecular formula is C15H21ClN4O2. The summed E-state index contributed by atoms with van der Waals surface area (Å²) in [5, 5.41) is 9.74. The van der Waals surface area contributed by atoms with Crippen LogP contribution in [-0.2, 0) is 11.2 Å². The highest BCUT2D eigenvalue weighted by Crippen LogP contribution is 2.24. The molecule has 1 amide bonds. The Bertz CT molecular complexity index is 628. The average molecular weight is 325 g/mol. The number of hydrogen-bond acceptors (Lipinski definition) is 5. The van der Waals surface area contributed by atoms with Crippen LogP contribution in [0.5, 0.6) is 0 Å². The van der Waals surface area contributed by atoms with Crippen LogP contribution in [0.3, 0.4) is 0 Å². The molecule has 2 aromatic rings. The zero-order valence-electron chi connectivity index (χ0n) is 13.0. The Hall–Kier alpha value is -1.92. The molecule has 2 rings (SSSR count). The van der Waals surface area contributed by atoms with E-state index in [2.05, 4.69) is 20.8 Å². The molecule has 6 nitrogen and oxygen atoms in total. The van der Waals surface area contributed by atoms with Crippen molar-refractivity contribution in [1.29, 1.82) is 0 Å². The molecular weight excluding hydrogens is 304 g/mol. The molecule has 0 saturated heterocycles. The third-order valence-electron chi connectivity index (χ3n) is 3.14. The normalized spacial score (nSPS) is 10.1. The monoisotopic (exact) mass is 324 g/mol. The molecule has 2 N–H and O–H groups in total. The second-order valence-corrected chi connectivity index (χ2v) is 4.80. The zero-order valence-corrected chi connectivity index (χ0v) is 13.8. The van der Waals surface area contributed by atoms with E-state index < -0.39 is 0 Å². The van der Waals surface area contributed by atoms with Crippen molar-refractivity contribution in [2.75, 3.05) is 18.9 Å². The number of rotatable bonds is 6. The number of nitrogens with one attached hydrogen (secondary N) is 2. The van der Waals surface area contributed by atoms with E-state index in [1.165, 1.54) is 0 Å².